The second kappa shape index (κ2) is 6.42. The lowest BCUT2D eigenvalue weighted by Gasteiger charge is -2.15. The molecule has 0 unspecified atom stereocenters. The van der Waals surface area contributed by atoms with Crippen molar-refractivity contribution in [3.05, 3.63) is 29.3 Å². The summed E-state index contributed by atoms with van der Waals surface area (Å²) in [6, 6.07) is 5.93. The van der Waals surface area contributed by atoms with E-state index in [1.54, 1.807) is 14.2 Å². The van der Waals surface area contributed by atoms with Crippen LogP contribution in [0.2, 0.25) is 0 Å². The largest absolute Gasteiger partial charge is 0.493 e. The van der Waals surface area contributed by atoms with Crippen LogP contribution < -0.4 is 9.47 Å². The average molecular weight is 301 g/mol. The summed E-state index contributed by atoms with van der Waals surface area (Å²) in [5.41, 5.74) is 4.44. The van der Waals surface area contributed by atoms with Gasteiger partial charge in [0.15, 0.2) is 11.5 Å². The predicted octanol–water partition coefficient (Wildman–Crippen LogP) is 4.27. The highest BCUT2D eigenvalue weighted by Gasteiger charge is 2.30. The summed E-state index contributed by atoms with van der Waals surface area (Å²) in [6.07, 6.45) is 6.95. The molecule has 0 aliphatic heterocycles. The van der Waals surface area contributed by atoms with E-state index >= 15 is 0 Å². The van der Waals surface area contributed by atoms with Gasteiger partial charge in [-0.2, -0.15) is 0 Å². The van der Waals surface area contributed by atoms with E-state index in [0.29, 0.717) is 11.7 Å². The molecule has 0 radical (unpaired) electrons. The number of methoxy groups -OCH3 is 2. The summed E-state index contributed by atoms with van der Waals surface area (Å²) in [7, 11) is 3.28. The second-order valence-electron chi connectivity index (χ2n) is 6.00. The Morgan fingerprint density at radius 1 is 1.05 bits per heavy atom. The molecule has 1 saturated carbocycles. The molecule has 3 rings (SSSR count). The standard InChI is InChI=1S/C18H23NO3/c1-21-16-10-7-13(11-17(16)22-2)18-14(8-9-15(18)19-20)12-5-3-4-6-12/h7,10-12,20H,3-6,8-9H2,1-2H3. The maximum Gasteiger partial charge on any atom is 0.161 e. The SMILES string of the molecule is COc1ccc(C2=C(C3CCCC3)CCC2=NO)cc1OC. The molecule has 0 heterocycles. The zero-order chi connectivity index (χ0) is 15.5. The zero-order valence-corrected chi connectivity index (χ0v) is 13.3. The first kappa shape index (κ1) is 14.9. The molecule has 118 valence electrons. The van der Waals surface area contributed by atoms with Crippen LogP contribution in [0.15, 0.2) is 28.9 Å². The smallest absolute Gasteiger partial charge is 0.161 e. The van der Waals surface area contributed by atoms with Crippen LogP contribution in [-0.4, -0.2) is 25.1 Å². The minimum Gasteiger partial charge on any atom is -0.493 e. The number of rotatable bonds is 4. The molecule has 0 aromatic heterocycles. The molecule has 0 atom stereocenters. The third-order valence-corrected chi connectivity index (χ3v) is 4.88. The number of nitrogens with zero attached hydrogens (tertiary/aromatic N) is 1. The lowest BCUT2D eigenvalue weighted by atomic mass is 9.91. The summed E-state index contributed by atoms with van der Waals surface area (Å²) in [5, 5.41) is 12.9. The summed E-state index contributed by atoms with van der Waals surface area (Å²) < 4.78 is 10.7. The van der Waals surface area contributed by atoms with Gasteiger partial charge in [0.2, 0.25) is 0 Å². The number of hydrogen-bond donors (Lipinski definition) is 1. The molecule has 22 heavy (non-hydrogen) atoms. The Balaban J connectivity index is 2.07. The summed E-state index contributed by atoms with van der Waals surface area (Å²) in [6.45, 7) is 0. The number of oxime groups is 1. The highest BCUT2D eigenvalue weighted by Crippen LogP contribution is 2.43. The molecule has 0 saturated heterocycles. The second-order valence-corrected chi connectivity index (χ2v) is 6.00. The number of hydrogen-bond acceptors (Lipinski definition) is 4. The van der Waals surface area contributed by atoms with Gasteiger partial charge in [-0.15, -0.1) is 0 Å². The van der Waals surface area contributed by atoms with Gasteiger partial charge in [0, 0.05) is 5.57 Å². The molecule has 4 nitrogen and oxygen atoms in total. The van der Waals surface area contributed by atoms with Gasteiger partial charge in [0.25, 0.3) is 0 Å². The van der Waals surface area contributed by atoms with Crippen molar-refractivity contribution in [2.45, 2.75) is 38.5 Å². The van der Waals surface area contributed by atoms with Crippen LogP contribution in [0.1, 0.15) is 44.1 Å². The molecule has 1 aromatic rings. The Kier molecular flexibility index (Phi) is 4.36. The Hall–Kier alpha value is -1.97. The number of benzene rings is 1. The van der Waals surface area contributed by atoms with Crippen molar-refractivity contribution < 1.29 is 14.7 Å². The average Bonchev–Trinajstić information content (AvgIpc) is 3.22. The monoisotopic (exact) mass is 301 g/mol. The first-order chi connectivity index (χ1) is 10.8. The molecule has 1 aromatic carbocycles. The van der Waals surface area contributed by atoms with Crippen LogP contribution in [0.4, 0.5) is 0 Å². The van der Waals surface area contributed by atoms with Crippen molar-refractivity contribution in [1.29, 1.82) is 0 Å². The van der Waals surface area contributed by atoms with E-state index < -0.39 is 0 Å². The van der Waals surface area contributed by atoms with E-state index in [-0.39, 0.29) is 0 Å². The number of allylic oxidation sites excluding steroid dienone is 2. The maximum absolute atomic E-state index is 9.38. The van der Waals surface area contributed by atoms with Gasteiger partial charge in [0.05, 0.1) is 19.9 Å². The van der Waals surface area contributed by atoms with Gasteiger partial charge in [-0.05, 0) is 49.3 Å². The fourth-order valence-electron chi connectivity index (χ4n) is 3.81. The lowest BCUT2D eigenvalue weighted by molar-refractivity contribution is 0.319. The van der Waals surface area contributed by atoms with Crippen LogP contribution >= 0.6 is 0 Å². The third-order valence-electron chi connectivity index (χ3n) is 4.88. The molecule has 1 fully saturated rings. The van der Waals surface area contributed by atoms with Crippen LogP contribution in [0.5, 0.6) is 11.5 Å². The Morgan fingerprint density at radius 3 is 2.41 bits per heavy atom. The normalized spacial score (nSPS) is 20.9. The van der Waals surface area contributed by atoms with E-state index in [9.17, 15) is 5.21 Å². The molecular weight excluding hydrogens is 278 g/mol. The molecule has 2 aliphatic rings. The van der Waals surface area contributed by atoms with E-state index in [1.165, 1.54) is 31.3 Å². The zero-order valence-electron chi connectivity index (χ0n) is 13.3. The Morgan fingerprint density at radius 2 is 1.77 bits per heavy atom. The van der Waals surface area contributed by atoms with Crippen LogP contribution in [0, 0.1) is 5.92 Å². The van der Waals surface area contributed by atoms with Crippen molar-refractivity contribution in [2.75, 3.05) is 14.2 Å². The topological polar surface area (TPSA) is 51.0 Å². The van der Waals surface area contributed by atoms with E-state index in [1.807, 2.05) is 18.2 Å². The summed E-state index contributed by atoms with van der Waals surface area (Å²) >= 11 is 0. The van der Waals surface area contributed by atoms with Gasteiger partial charge < -0.3 is 14.7 Å². The molecular formula is C18H23NO3. The molecule has 0 amide bonds. The lowest BCUT2D eigenvalue weighted by Crippen LogP contribution is -2.02. The first-order valence-electron chi connectivity index (χ1n) is 7.95. The van der Waals surface area contributed by atoms with Gasteiger partial charge in [0.1, 0.15) is 0 Å². The van der Waals surface area contributed by atoms with Crippen LogP contribution in [0.25, 0.3) is 5.57 Å². The minimum atomic E-state index is 0.641. The van der Waals surface area contributed by atoms with Crippen LogP contribution in [0.3, 0.4) is 0 Å². The van der Waals surface area contributed by atoms with E-state index in [2.05, 4.69) is 5.16 Å². The molecule has 2 aliphatic carbocycles. The van der Waals surface area contributed by atoms with Crippen molar-refractivity contribution >= 4 is 11.3 Å². The van der Waals surface area contributed by atoms with Gasteiger partial charge in [-0.1, -0.05) is 29.6 Å². The van der Waals surface area contributed by atoms with Crippen molar-refractivity contribution in [1.82, 2.24) is 0 Å². The van der Waals surface area contributed by atoms with Crippen molar-refractivity contribution in [3.63, 3.8) is 0 Å². The quantitative estimate of drug-likeness (QED) is 0.667. The Bertz CT molecular complexity index is 613. The fraction of sp³-hybridized carbons (Fsp3) is 0.500. The maximum atomic E-state index is 9.38. The molecule has 0 bridgehead atoms. The van der Waals surface area contributed by atoms with E-state index in [4.69, 9.17) is 9.47 Å². The third kappa shape index (κ3) is 2.58. The fourth-order valence-corrected chi connectivity index (χ4v) is 3.81. The summed E-state index contributed by atoms with van der Waals surface area (Å²) in [5.74, 6) is 2.07. The Labute approximate surface area is 131 Å². The first-order valence-corrected chi connectivity index (χ1v) is 7.95. The summed E-state index contributed by atoms with van der Waals surface area (Å²) in [4.78, 5) is 0. The van der Waals surface area contributed by atoms with E-state index in [0.717, 1.165) is 35.4 Å². The van der Waals surface area contributed by atoms with Crippen molar-refractivity contribution in [2.24, 2.45) is 11.1 Å². The highest BCUT2D eigenvalue weighted by atomic mass is 16.5. The van der Waals surface area contributed by atoms with Crippen molar-refractivity contribution in [3.8, 4) is 11.5 Å². The van der Waals surface area contributed by atoms with Gasteiger partial charge in [-0.25, -0.2) is 0 Å². The van der Waals surface area contributed by atoms with Crippen LogP contribution in [-0.2, 0) is 0 Å². The minimum absolute atomic E-state index is 0.641. The van der Waals surface area contributed by atoms with Gasteiger partial charge in [-0.3, -0.25) is 0 Å². The predicted molar refractivity (Wildman–Crippen MR) is 86.9 cm³/mol. The number of ether oxygens (including phenoxy) is 2. The molecule has 4 heteroatoms. The molecule has 1 N–H and O–H groups in total. The highest BCUT2D eigenvalue weighted by molar-refractivity contribution is 6.26. The van der Waals surface area contributed by atoms with Gasteiger partial charge >= 0.3 is 0 Å². The molecule has 0 spiro atoms.